The Kier molecular flexibility index (Phi) is 3.24. The van der Waals surface area contributed by atoms with Crippen LogP contribution in [0.2, 0.25) is 0 Å². The number of carbonyl (C=O) groups is 1. The standard InChI is InChI=1S/C18H13N3O2/c22-18(12-21-16-10-4-3-9-15(16)19-20-21)23-17-11-5-7-13-6-1-2-8-14(13)17/h1-11H,12H2. The predicted molar refractivity (Wildman–Crippen MR) is 87.1 cm³/mol. The Hall–Kier alpha value is -3.21. The highest BCUT2D eigenvalue weighted by Gasteiger charge is 2.12. The number of esters is 1. The molecule has 0 aliphatic heterocycles. The van der Waals surface area contributed by atoms with Crippen molar-refractivity contribution in [1.82, 2.24) is 15.0 Å². The molecule has 0 amide bonds. The van der Waals surface area contributed by atoms with Crippen LogP contribution < -0.4 is 4.74 Å². The third-order valence-corrected chi connectivity index (χ3v) is 3.67. The van der Waals surface area contributed by atoms with Gasteiger partial charge in [0.1, 0.15) is 17.8 Å². The Morgan fingerprint density at radius 2 is 1.74 bits per heavy atom. The Morgan fingerprint density at radius 3 is 2.70 bits per heavy atom. The molecule has 5 nitrogen and oxygen atoms in total. The summed E-state index contributed by atoms with van der Waals surface area (Å²) in [6.07, 6.45) is 0. The van der Waals surface area contributed by atoms with Crippen molar-refractivity contribution >= 4 is 27.8 Å². The SMILES string of the molecule is O=C(Cn1nnc2ccccc21)Oc1cccc2ccccc12. The number of rotatable bonds is 3. The molecule has 4 rings (SSSR count). The minimum Gasteiger partial charge on any atom is -0.424 e. The van der Waals surface area contributed by atoms with Gasteiger partial charge in [0.05, 0.1) is 5.52 Å². The van der Waals surface area contributed by atoms with Crippen LogP contribution in [-0.2, 0) is 11.3 Å². The molecule has 0 N–H and O–H groups in total. The van der Waals surface area contributed by atoms with Crippen molar-refractivity contribution in [1.29, 1.82) is 0 Å². The summed E-state index contributed by atoms with van der Waals surface area (Å²) in [5.41, 5.74) is 1.56. The second kappa shape index (κ2) is 5.53. The summed E-state index contributed by atoms with van der Waals surface area (Å²) in [6.45, 7) is 0.0176. The highest BCUT2D eigenvalue weighted by molar-refractivity contribution is 5.90. The van der Waals surface area contributed by atoms with Gasteiger partial charge in [-0.05, 0) is 23.6 Å². The third-order valence-electron chi connectivity index (χ3n) is 3.67. The van der Waals surface area contributed by atoms with Crippen molar-refractivity contribution in [2.75, 3.05) is 0 Å². The van der Waals surface area contributed by atoms with Gasteiger partial charge in [-0.1, -0.05) is 53.7 Å². The molecular weight excluding hydrogens is 290 g/mol. The van der Waals surface area contributed by atoms with Crippen LogP contribution in [0.25, 0.3) is 21.8 Å². The minimum atomic E-state index is -0.378. The first-order chi connectivity index (χ1) is 11.3. The van der Waals surface area contributed by atoms with Crippen LogP contribution in [0.5, 0.6) is 5.75 Å². The first kappa shape index (κ1) is 13.5. The van der Waals surface area contributed by atoms with E-state index in [9.17, 15) is 4.79 Å². The Bertz CT molecular complexity index is 1000. The van der Waals surface area contributed by atoms with Crippen molar-refractivity contribution in [3.05, 3.63) is 66.7 Å². The molecule has 0 fully saturated rings. The number of hydrogen-bond acceptors (Lipinski definition) is 4. The Labute approximate surface area is 132 Å². The molecule has 112 valence electrons. The van der Waals surface area contributed by atoms with Gasteiger partial charge >= 0.3 is 5.97 Å². The van der Waals surface area contributed by atoms with E-state index in [0.717, 1.165) is 21.8 Å². The molecule has 3 aromatic carbocycles. The maximum absolute atomic E-state index is 12.3. The topological polar surface area (TPSA) is 57.0 Å². The van der Waals surface area contributed by atoms with E-state index < -0.39 is 0 Å². The van der Waals surface area contributed by atoms with Crippen LogP contribution in [0.3, 0.4) is 0 Å². The van der Waals surface area contributed by atoms with Crippen LogP contribution in [0.4, 0.5) is 0 Å². The van der Waals surface area contributed by atoms with Crippen molar-refractivity contribution in [3.63, 3.8) is 0 Å². The van der Waals surface area contributed by atoms with E-state index in [-0.39, 0.29) is 12.5 Å². The molecule has 5 heteroatoms. The summed E-state index contributed by atoms with van der Waals surface area (Å²) in [5, 5.41) is 9.98. The summed E-state index contributed by atoms with van der Waals surface area (Å²) in [5.74, 6) is 0.175. The molecule has 0 unspecified atom stereocenters. The third kappa shape index (κ3) is 2.53. The second-order valence-electron chi connectivity index (χ2n) is 5.19. The molecule has 0 aliphatic rings. The minimum absolute atomic E-state index is 0.0176. The number of benzene rings is 3. The van der Waals surface area contributed by atoms with Crippen molar-refractivity contribution < 1.29 is 9.53 Å². The fraction of sp³-hybridized carbons (Fsp3) is 0.0556. The summed E-state index contributed by atoms with van der Waals surface area (Å²) < 4.78 is 7.07. The summed E-state index contributed by atoms with van der Waals surface area (Å²) in [7, 11) is 0. The second-order valence-corrected chi connectivity index (χ2v) is 5.19. The van der Waals surface area contributed by atoms with Crippen LogP contribution in [0.1, 0.15) is 0 Å². The Balaban J connectivity index is 1.60. The van der Waals surface area contributed by atoms with Gasteiger partial charge in [-0.25, -0.2) is 9.48 Å². The van der Waals surface area contributed by atoms with Gasteiger partial charge in [0.25, 0.3) is 0 Å². The van der Waals surface area contributed by atoms with Gasteiger partial charge in [-0.2, -0.15) is 0 Å². The van der Waals surface area contributed by atoms with E-state index in [4.69, 9.17) is 4.74 Å². The smallest absolute Gasteiger partial charge is 0.333 e. The largest absolute Gasteiger partial charge is 0.424 e. The lowest BCUT2D eigenvalue weighted by molar-refractivity contribution is -0.135. The van der Waals surface area contributed by atoms with Gasteiger partial charge < -0.3 is 4.74 Å². The highest BCUT2D eigenvalue weighted by Crippen LogP contribution is 2.25. The number of aromatic nitrogens is 3. The van der Waals surface area contributed by atoms with Crippen molar-refractivity contribution in [3.8, 4) is 5.75 Å². The molecule has 4 aromatic rings. The average Bonchev–Trinajstić information content (AvgIpc) is 2.98. The average molecular weight is 303 g/mol. The maximum Gasteiger partial charge on any atom is 0.333 e. The molecule has 0 bridgehead atoms. The van der Waals surface area contributed by atoms with E-state index in [1.807, 2.05) is 60.7 Å². The van der Waals surface area contributed by atoms with Crippen LogP contribution in [0, 0.1) is 0 Å². The fourth-order valence-corrected chi connectivity index (χ4v) is 2.60. The number of hydrogen-bond donors (Lipinski definition) is 0. The van der Waals surface area contributed by atoms with Gasteiger partial charge in [0.15, 0.2) is 0 Å². The lowest BCUT2D eigenvalue weighted by atomic mass is 10.1. The summed E-state index contributed by atoms with van der Waals surface area (Å²) in [4.78, 5) is 12.3. The van der Waals surface area contributed by atoms with Crippen LogP contribution in [0.15, 0.2) is 66.7 Å². The molecule has 1 aromatic heterocycles. The summed E-state index contributed by atoms with van der Waals surface area (Å²) in [6, 6.07) is 20.9. The molecule has 0 spiro atoms. The zero-order valence-corrected chi connectivity index (χ0v) is 12.2. The lowest BCUT2D eigenvalue weighted by Crippen LogP contribution is -2.17. The normalized spacial score (nSPS) is 11.0. The highest BCUT2D eigenvalue weighted by atomic mass is 16.5. The van der Waals surface area contributed by atoms with Gasteiger partial charge in [-0.3, -0.25) is 0 Å². The Morgan fingerprint density at radius 1 is 0.957 bits per heavy atom. The quantitative estimate of drug-likeness (QED) is 0.431. The first-order valence-electron chi connectivity index (χ1n) is 7.28. The molecule has 0 saturated heterocycles. The molecule has 0 radical (unpaired) electrons. The van der Waals surface area contributed by atoms with E-state index in [1.165, 1.54) is 0 Å². The number of ether oxygens (including phenoxy) is 1. The summed E-state index contributed by atoms with van der Waals surface area (Å²) >= 11 is 0. The number of nitrogens with zero attached hydrogens (tertiary/aromatic N) is 3. The van der Waals surface area contributed by atoms with Gasteiger partial charge in [0, 0.05) is 5.39 Å². The van der Waals surface area contributed by atoms with Crippen LogP contribution >= 0.6 is 0 Å². The van der Waals surface area contributed by atoms with Gasteiger partial charge in [0.2, 0.25) is 0 Å². The molecule has 23 heavy (non-hydrogen) atoms. The van der Waals surface area contributed by atoms with Crippen molar-refractivity contribution in [2.45, 2.75) is 6.54 Å². The molecule has 0 atom stereocenters. The predicted octanol–water partition coefficient (Wildman–Crippen LogP) is 3.19. The van der Waals surface area contributed by atoms with E-state index in [2.05, 4.69) is 10.3 Å². The lowest BCUT2D eigenvalue weighted by Gasteiger charge is -2.08. The number of carbonyl (C=O) groups excluding carboxylic acids is 1. The number of fused-ring (bicyclic) bond motifs is 2. The van der Waals surface area contributed by atoms with Crippen LogP contribution in [-0.4, -0.2) is 21.0 Å². The molecular formula is C18H13N3O2. The maximum atomic E-state index is 12.3. The van der Waals surface area contributed by atoms with E-state index in [1.54, 1.807) is 10.7 Å². The zero-order valence-electron chi connectivity index (χ0n) is 12.2. The van der Waals surface area contributed by atoms with E-state index in [0.29, 0.717) is 5.75 Å². The molecule has 0 saturated carbocycles. The molecule has 0 aliphatic carbocycles. The zero-order chi connectivity index (χ0) is 15.6. The fourth-order valence-electron chi connectivity index (χ4n) is 2.60. The molecule has 1 heterocycles. The van der Waals surface area contributed by atoms with Gasteiger partial charge in [-0.15, -0.1) is 5.10 Å². The monoisotopic (exact) mass is 303 g/mol. The number of para-hydroxylation sites is 1. The van der Waals surface area contributed by atoms with E-state index >= 15 is 0 Å². The van der Waals surface area contributed by atoms with Crippen molar-refractivity contribution in [2.24, 2.45) is 0 Å². The first-order valence-corrected chi connectivity index (χ1v) is 7.28.